The lowest BCUT2D eigenvalue weighted by Gasteiger charge is -2.08. The number of nitrogens with one attached hydrogen (secondary N) is 1. The van der Waals surface area contributed by atoms with Crippen LogP contribution in [0.1, 0.15) is 11.1 Å². The van der Waals surface area contributed by atoms with Gasteiger partial charge in [0.2, 0.25) is 0 Å². The molecule has 0 fully saturated rings. The van der Waals surface area contributed by atoms with Crippen LogP contribution >= 0.6 is 0 Å². The monoisotopic (exact) mass is 327 g/mol. The van der Waals surface area contributed by atoms with Crippen molar-refractivity contribution in [1.82, 2.24) is 5.32 Å². The standard InChI is InChI=1S/C19H25N3O2/c1-23-17-9-7-15(8-10-17)11-13-21-19(20)22-14-12-16-5-3-4-6-18(16)24-2/h3-10H,11-14H2,1-2H3,(H3,20,21,22). The first-order chi connectivity index (χ1) is 11.7. The number of rotatable bonds is 8. The van der Waals surface area contributed by atoms with Crippen molar-refractivity contribution in [3.05, 3.63) is 59.7 Å². The molecule has 5 heteroatoms. The van der Waals surface area contributed by atoms with Crippen molar-refractivity contribution < 1.29 is 9.47 Å². The van der Waals surface area contributed by atoms with Gasteiger partial charge in [-0.2, -0.15) is 0 Å². The fraction of sp³-hybridized carbons (Fsp3) is 0.316. The largest absolute Gasteiger partial charge is 0.497 e. The highest BCUT2D eigenvalue weighted by Gasteiger charge is 2.01. The van der Waals surface area contributed by atoms with Gasteiger partial charge < -0.3 is 20.5 Å². The number of benzene rings is 2. The highest BCUT2D eigenvalue weighted by atomic mass is 16.5. The number of guanidine groups is 1. The predicted octanol–water partition coefficient (Wildman–Crippen LogP) is 2.39. The highest BCUT2D eigenvalue weighted by molar-refractivity contribution is 5.77. The number of hydrogen-bond donors (Lipinski definition) is 2. The van der Waals surface area contributed by atoms with Gasteiger partial charge in [0.05, 0.1) is 14.2 Å². The SMILES string of the molecule is COc1ccc(CCNC(N)=NCCc2ccccc2OC)cc1. The van der Waals surface area contributed by atoms with Crippen LogP contribution in [-0.2, 0) is 12.8 Å². The van der Waals surface area contributed by atoms with Gasteiger partial charge in [-0.05, 0) is 42.2 Å². The van der Waals surface area contributed by atoms with Crippen LogP contribution in [0, 0.1) is 0 Å². The Morgan fingerprint density at radius 2 is 1.75 bits per heavy atom. The summed E-state index contributed by atoms with van der Waals surface area (Å²) in [5.74, 6) is 2.22. The molecule has 0 spiro atoms. The van der Waals surface area contributed by atoms with E-state index in [4.69, 9.17) is 15.2 Å². The summed E-state index contributed by atoms with van der Waals surface area (Å²) in [5.41, 5.74) is 8.27. The van der Waals surface area contributed by atoms with Gasteiger partial charge in [0.15, 0.2) is 5.96 Å². The molecule has 3 N–H and O–H groups in total. The Bertz CT molecular complexity index is 654. The van der Waals surface area contributed by atoms with Gasteiger partial charge >= 0.3 is 0 Å². The molecule has 0 aliphatic heterocycles. The van der Waals surface area contributed by atoms with Gasteiger partial charge in [-0.25, -0.2) is 0 Å². The molecule has 0 aliphatic carbocycles. The van der Waals surface area contributed by atoms with Crippen LogP contribution in [0.5, 0.6) is 11.5 Å². The molecule has 0 bridgehead atoms. The van der Waals surface area contributed by atoms with Crippen molar-refractivity contribution in [2.75, 3.05) is 27.3 Å². The third-order valence-corrected chi connectivity index (χ3v) is 3.73. The van der Waals surface area contributed by atoms with E-state index in [9.17, 15) is 0 Å². The average molecular weight is 327 g/mol. The normalized spacial score (nSPS) is 11.2. The molecule has 0 saturated carbocycles. The summed E-state index contributed by atoms with van der Waals surface area (Å²) in [6.45, 7) is 1.37. The van der Waals surface area contributed by atoms with E-state index in [1.807, 2.05) is 36.4 Å². The Hall–Kier alpha value is -2.69. The van der Waals surface area contributed by atoms with Crippen LogP contribution in [0.2, 0.25) is 0 Å². The van der Waals surface area contributed by atoms with Gasteiger partial charge in [-0.15, -0.1) is 0 Å². The van der Waals surface area contributed by atoms with Crippen molar-refractivity contribution in [2.45, 2.75) is 12.8 Å². The Morgan fingerprint density at radius 1 is 1.00 bits per heavy atom. The first kappa shape index (κ1) is 17.7. The van der Waals surface area contributed by atoms with Crippen LogP contribution in [0.4, 0.5) is 0 Å². The minimum Gasteiger partial charge on any atom is -0.497 e. The number of para-hydroxylation sites is 1. The molecular weight excluding hydrogens is 302 g/mol. The van der Waals surface area contributed by atoms with E-state index >= 15 is 0 Å². The molecule has 0 aliphatic rings. The smallest absolute Gasteiger partial charge is 0.188 e. The maximum atomic E-state index is 5.91. The van der Waals surface area contributed by atoms with Gasteiger partial charge in [-0.1, -0.05) is 30.3 Å². The van der Waals surface area contributed by atoms with Gasteiger partial charge in [0.1, 0.15) is 11.5 Å². The third-order valence-electron chi connectivity index (χ3n) is 3.73. The van der Waals surface area contributed by atoms with E-state index in [1.54, 1.807) is 14.2 Å². The van der Waals surface area contributed by atoms with Crippen LogP contribution in [-0.4, -0.2) is 33.3 Å². The van der Waals surface area contributed by atoms with Crippen molar-refractivity contribution >= 4 is 5.96 Å². The van der Waals surface area contributed by atoms with Crippen LogP contribution in [0.3, 0.4) is 0 Å². The molecule has 0 amide bonds. The molecule has 0 atom stereocenters. The van der Waals surface area contributed by atoms with Crippen molar-refractivity contribution in [1.29, 1.82) is 0 Å². The van der Waals surface area contributed by atoms with Crippen LogP contribution in [0.15, 0.2) is 53.5 Å². The minimum absolute atomic E-state index is 0.471. The first-order valence-electron chi connectivity index (χ1n) is 8.01. The summed E-state index contributed by atoms with van der Waals surface area (Å²) < 4.78 is 10.5. The van der Waals surface area contributed by atoms with Gasteiger partial charge in [0, 0.05) is 13.1 Å². The summed E-state index contributed by atoms with van der Waals surface area (Å²) in [5, 5.41) is 3.14. The van der Waals surface area contributed by atoms with Gasteiger partial charge in [-0.3, -0.25) is 4.99 Å². The molecule has 2 rings (SSSR count). The summed E-state index contributed by atoms with van der Waals surface area (Å²) in [6.07, 6.45) is 1.68. The second-order valence-corrected chi connectivity index (χ2v) is 5.35. The topological polar surface area (TPSA) is 68.9 Å². The first-order valence-corrected chi connectivity index (χ1v) is 8.01. The number of aliphatic imine (C=N–C) groups is 1. The van der Waals surface area contributed by atoms with Crippen LogP contribution < -0.4 is 20.5 Å². The lowest BCUT2D eigenvalue weighted by Crippen LogP contribution is -2.33. The van der Waals surface area contributed by atoms with Crippen molar-refractivity contribution in [2.24, 2.45) is 10.7 Å². The van der Waals surface area contributed by atoms with Crippen LogP contribution in [0.25, 0.3) is 0 Å². The van der Waals surface area contributed by atoms with Crippen molar-refractivity contribution in [3.63, 3.8) is 0 Å². The predicted molar refractivity (Wildman–Crippen MR) is 97.9 cm³/mol. The molecule has 2 aromatic rings. The number of hydrogen-bond acceptors (Lipinski definition) is 3. The zero-order valence-electron chi connectivity index (χ0n) is 14.3. The molecule has 0 radical (unpaired) electrons. The highest BCUT2D eigenvalue weighted by Crippen LogP contribution is 2.17. The lowest BCUT2D eigenvalue weighted by atomic mass is 10.1. The second-order valence-electron chi connectivity index (χ2n) is 5.35. The number of nitrogens with two attached hydrogens (primary N) is 1. The van der Waals surface area contributed by atoms with E-state index in [0.717, 1.165) is 36.4 Å². The zero-order chi connectivity index (χ0) is 17.2. The maximum absolute atomic E-state index is 5.91. The molecule has 24 heavy (non-hydrogen) atoms. The van der Waals surface area contributed by atoms with E-state index < -0.39 is 0 Å². The molecule has 0 aromatic heterocycles. The minimum atomic E-state index is 0.471. The summed E-state index contributed by atoms with van der Waals surface area (Å²) >= 11 is 0. The van der Waals surface area contributed by atoms with E-state index in [-0.39, 0.29) is 0 Å². The quantitative estimate of drug-likeness (QED) is 0.577. The second kappa shape index (κ2) is 9.45. The summed E-state index contributed by atoms with van der Waals surface area (Å²) in [7, 11) is 3.34. The maximum Gasteiger partial charge on any atom is 0.188 e. The Balaban J connectivity index is 1.73. The number of methoxy groups -OCH3 is 2. The number of nitrogens with zero attached hydrogens (tertiary/aromatic N) is 1. The molecule has 2 aromatic carbocycles. The molecule has 5 nitrogen and oxygen atoms in total. The Morgan fingerprint density at radius 3 is 2.46 bits per heavy atom. The zero-order valence-corrected chi connectivity index (χ0v) is 14.3. The van der Waals surface area contributed by atoms with E-state index in [0.29, 0.717) is 12.5 Å². The Labute approximate surface area is 143 Å². The molecule has 0 heterocycles. The fourth-order valence-corrected chi connectivity index (χ4v) is 2.39. The lowest BCUT2D eigenvalue weighted by molar-refractivity contribution is 0.410. The van der Waals surface area contributed by atoms with Gasteiger partial charge in [0.25, 0.3) is 0 Å². The molecule has 0 unspecified atom stereocenters. The molecular formula is C19H25N3O2. The van der Waals surface area contributed by atoms with E-state index in [1.165, 1.54) is 5.56 Å². The average Bonchev–Trinajstić information content (AvgIpc) is 2.62. The van der Waals surface area contributed by atoms with E-state index in [2.05, 4.69) is 22.4 Å². The fourth-order valence-electron chi connectivity index (χ4n) is 2.39. The van der Waals surface area contributed by atoms with Crippen molar-refractivity contribution in [3.8, 4) is 11.5 Å². The molecule has 0 saturated heterocycles. The summed E-state index contributed by atoms with van der Waals surface area (Å²) in [6, 6.07) is 16.0. The molecule has 128 valence electrons. The summed E-state index contributed by atoms with van der Waals surface area (Å²) in [4.78, 5) is 4.36. The number of ether oxygens (including phenoxy) is 2. The third kappa shape index (κ3) is 5.50. The Kier molecular flexibility index (Phi) is 6.95.